The smallest absolute Gasteiger partial charge is 0.305 e. The van der Waals surface area contributed by atoms with Crippen LogP contribution < -0.4 is 5.32 Å². The summed E-state index contributed by atoms with van der Waals surface area (Å²) < 4.78 is 0. The second-order valence-corrected chi connectivity index (χ2v) is 4.70. The molecule has 3 N–H and O–H groups in total. The van der Waals surface area contributed by atoms with Gasteiger partial charge in [-0.1, -0.05) is 44.5 Å². The molecule has 0 amide bonds. The van der Waals surface area contributed by atoms with Gasteiger partial charge < -0.3 is 15.5 Å². The fourth-order valence-electron chi connectivity index (χ4n) is 2.15. The largest absolute Gasteiger partial charge is 0.481 e. The Labute approximate surface area is 114 Å². The zero-order valence-electron chi connectivity index (χ0n) is 11.6. The number of hydrogen-bond donors (Lipinski definition) is 3. The van der Waals surface area contributed by atoms with Gasteiger partial charge in [-0.15, -0.1) is 0 Å². The Morgan fingerprint density at radius 1 is 1.26 bits per heavy atom. The number of nitrogens with one attached hydrogen (secondary N) is 1. The minimum Gasteiger partial charge on any atom is -0.481 e. The highest BCUT2D eigenvalue weighted by Crippen LogP contribution is 2.20. The number of aliphatic hydroxyl groups is 1. The summed E-state index contributed by atoms with van der Waals surface area (Å²) in [5.74, 6) is -0.910. The number of aryl methyl sites for hydroxylation is 1. The van der Waals surface area contributed by atoms with E-state index in [4.69, 9.17) is 5.11 Å². The predicted octanol–water partition coefficient (Wildman–Crippen LogP) is 2.13. The van der Waals surface area contributed by atoms with Crippen LogP contribution in [0.3, 0.4) is 0 Å². The summed E-state index contributed by atoms with van der Waals surface area (Å²) in [7, 11) is 0. The lowest BCUT2D eigenvalue weighted by Crippen LogP contribution is -2.36. The molecule has 19 heavy (non-hydrogen) atoms. The summed E-state index contributed by atoms with van der Waals surface area (Å²) in [6.07, 6.45) is 1.21. The number of aliphatic carboxylic acids is 1. The van der Waals surface area contributed by atoms with E-state index in [2.05, 4.69) is 12.2 Å². The number of carbonyl (C=O) groups is 1. The van der Waals surface area contributed by atoms with Gasteiger partial charge in [0.05, 0.1) is 12.5 Å². The molecule has 1 aromatic rings. The van der Waals surface area contributed by atoms with Crippen LogP contribution in [-0.2, 0) is 11.2 Å². The lowest BCUT2D eigenvalue weighted by atomic mass is 9.98. The Bertz CT molecular complexity index is 389. The van der Waals surface area contributed by atoms with Gasteiger partial charge in [0.15, 0.2) is 0 Å². The van der Waals surface area contributed by atoms with E-state index in [0.717, 1.165) is 18.4 Å². The quantitative estimate of drug-likeness (QED) is 0.673. The average Bonchev–Trinajstić information content (AvgIpc) is 2.38. The van der Waals surface area contributed by atoms with Gasteiger partial charge in [-0.05, 0) is 24.1 Å². The molecule has 0 aromatic heterocycles. The Kier molecular flexibility index (Phi) is 6.53. The summed E-state index contributed by atoms with van der Waals surface area (Å²) in [5.41, 5.74) is 1.99. The second-order valence-electron chi connectivity index (χ2n) is 4.70. The molecule has 0 aliphatic carbocycles. The summed E-state index contributed by atoms with van der Waals surface area (Å²) in [6.45, 7) is 4.64. The van der Waals surface area contributed by atoms with E-state index in [-0.39, 0.29) is 6.42 Å². The van der Waals surface area contributed by atoms with E-state index in [1.807, 2.05) is 31.2 Å². The molecule has 2 unspecified atom stereocenters. The van der Waals surface area contributed by atoms with Crippen LogP contribution in [0.1, 0.15) is 43.9 Å². The van der Waals surface area contributed by atoms with Gasteiger partial charge in [0.2, 0.25) is 0 Å². The number of carboxylic acids is 1. The Morgan fingerprint density at radius 2 is 1.89 bits per heavy atom. The maximum absolute atomic E-state index is 10.8. The van der Waals surface area contributed by atoms with E-state index < -0.39 is 18.1 Å². The number of likely N-dealkylation sites (N-methyl/N-ethyl adjacent to an activating group) is 1. The maximum atomic E-state index is 10.8. The van der Waals surface area contributed by atoms with Crippen molar-refractivity contribution in [2.45, 2.75) is 45.3 Å². The van der Waals surface area contributed by atoms with Crippen LogP contribution in [0.5, 0.6) is 0 Å². The second kappa shape index (κ2) is 7.92. The predicted molar refractivity (Wildman–Crippen MR) is 75.1 cm³/mol. The van der Waals surface area contributed by atoms with Crippen LogP contribution in [0.2, 0.25) is 0 Å². The molecule has 1 aromatic carbocycles. The lowest BCUT2D eigenvalue weighted by Gasteiger charge is -2.22. The third-order valence-electron chi connectivity index (χ3n) is 3.10. The summed E-state index contributed by atoms with van der Waals surface area (Å²) in [6, 6.07) is 7.28. The molecule has 0 fully saturated rings. The highest BCUT2D eigenvalue weighted by atomic mass is 16.4. The van der Waals surface area contributed by atoms with Crippen LogP contribution in [0.4, 0.5) is 0 Å². The van der Waals surface area contributed by atoms with E-state index in [9.17, 15) is 9.90 Å². The van der Waals surface area contributed by atoms with Crippen molar-refractivity contribution in [1.82, 2.24) is 5.32 Å². The van der Waals surface area contributed by atoms with Gasteiger partial charge in [0.25, 0.3) is 0 Å². The standard InChI is InChI=1S/C15H23NO3/c1-3-5-11-6-8-12(9-7-11)15(19)13(16-4-2)10-14(17)18/h6-9,13,15-16,19H,3-5,10H2,1-2H3,(H,17,18). The van der Waals surface area contributed by atoms with Crippen LogP contribution >= 0.6 is 0 Å². The van der Waals surface area contributed by atoms with Crippen molar-refractivity contribution in [2.75, 3.05) is 6.54 Å². The minimum atomic E-state index is -0.910. The third kappa shape index (κ3) is 5.01. The number of hydrogen-bond acceptors (Lipinski definition) is 3. The zero-order valence-corrected chi connectivity index (χ0v) is 11.6. The molecule has 0 saturated heterocycles. The van der Waals surface area contributed by atoms with Crippen LogP contribution in [0.15, 0.2) is 24.3 Å². The van der Waals surface area contributed by atoms with Crippen molar-refractivity contribution in [3.05, 3.63) is 35.4 Å². The Hall–Kier alpha value is -1.39. The van der Waals surface area contributed by atoms with Gasteiger partial charge in [-0.25, -0.2) is 0 Å². The van der Waals surface area contributed by atoms with Crippen molar-refractivity contribution in [1.29, 1.82) is 0 Å². The highest BCUT2D eigenvalue weighted by molar-refractivity contribution is 5.67. The first-order valence-corrected chi connectivity index (χ1v) is 6.80. The molecule has 0 aliphatic heterocycles. The number of aliphatic hydroxyl groups excluding tert-OH is 1. The van der Waals surface area contributed by atoms with Gasteiger partial charge in [0, 0.05) is 6.04 Å². The number of benzene rings is 1. The van der Waals surface area contributed by atoms with Crippen molar-refractivity contribution >= 4 is 5.97 Å². The Morgan fingerprint density at radius 3 is 2.37 bits per heavy atom. The number of carboxylic acid groups (broad SMARTS) is 1. The van der Waals surface area contributed by atoms with E-state index in [1.54, 1.807) is 0 Å². The molecule has 0 aliphatic rings. The van der Waals surface area contributed by atoms with Crippen molar-refractivity contribution in [2.24, 2.45) is 0 Å². The highest BCUT2D eigenvalue weighted by Gasteiger charge is 2.22. The molecular formula is C15H23NO3. The average molecular weight is 265 g/mol. The molecule has 0 heterocycles. The monoisotopic (exact) mass is 265 g/mol. The summed E-state index contributed by atoms with van der Waals surface area (Å²) >= 11 is 0. The summed E-state index contributed by atoms with van der Waals surface area (Å²) in [5, 5.41) is 22.1. The van der Waals surface area contributed by atoms with E-state index in [0.29, 0.717) is 6.54 Å². The van der Waals surface area contributed by atoms with Gasteiger partial charge in [-0.2, -0.15) is 0 Å². The van der Waals surface area contributed by atoms with Crippen molar-refractivity contribution in [3.63, 3.8) is 0 Å². The fraction of sp³-hybridized carbons (Fsp3) is 0.533. The molecule has 2 atom stereocenters. The number of rotatable bonds is 8. The van der Waals surface area contributed by atoms with Gasteiger partial charge in [0.1, 0.15) is 0 Å². The third-order valence-corrected chi connectivity index (χ3v) is 3.10. The molecule has 0 radical (unpaired) electrons. The SMILES string of the molecule is CCCc1ccc(C(O)C(CC(=O)O)NCC)cc1. The maximum Gasteiger partial charge on any atom is 0.305 e. The summed E-state index contributed by atoms with van der Waals surface area (Å²) in [4.78, 5) is 10.8. The molecule has 4 heteroatoms. The van der Waals surface area contributed by atoms with Crippen LogP contribution in [-0.4, -0.2) is 28.8 Å². The minimum absolute atomic E-state index is 0.0915. The van der Waals surface area contributed by atoms with Crippen molar-refractivity contribution < 1.29 is 15.0 Å². The van der Waals surface area contributed by atoms with E-state index in [1.165, 1.54) is 5.56 Å². The molecule has 0 saturated carbocycles. The lowest BCUT2D eigenvalue weighted by molar-refractivity contribution is -0.138. The van der Waals surface area contributed by atoms with Crippen LogP contribution in [0.25, 0.3) is 0 Å². The van der Waals surface area contributed by atoms with Crippen LogP contribution in [0, 0.1) is 0 Å². The first-order chi connectivity index (χ1) is 9.08. The molecular weight excluding hydrogens is 242 g/mol. The molecule has 4 nitrogen and oxygen atoms in total. The van der Waals surface area contributed by atoms with Crippen molar-refractivity contribution in [3.8, 4) is 0 Å². The first kappa shape index (κ1) is 15.7. The topological polar surface area (TPSA) is 69.6 Å². The molecule has 106 valence electrons. The fourth-order valence-corrected chi connectivity index (χ4v) is 2.15. The molecule has 1 rings (SSSR count). The first-order valence-electron chi connectivity index (χ1n) is 6.80. The zero-order chi connectivity index (χ0) is 14.3. The normalized spacial score (nSPS) is 14.1. The van der Waals surface area contributed by atoms with Gasteiger partial charge in [-0.3, -0.25) is 4.79 Å². The molecule has 0 spiro atoms. The Balaban J connectivity index is 2.77. The van der Waals surface area contributed by atoms with Gasteiger partial charge >= 0.3 is 5.97 Å². The van der Waals surface area contributed by atoms with E-state index >= 15 is 0 Å². The molecule has 0 bridgehead atoms.